The molecular weight excluding hydrogens is 164 g/mol. The quantitative estimate of drug-likeness (QED) is 0.374. The molecule has 0 aromatic heterocycles. The SMILES string of the molecule is CC1CCCCC1.CCC(=O)NN. The maximum atomic E-state index is 9.94. The molecule has 1 fully saturated rings. The van der Waals surface area contributed by atoms with Gasteiger partial charge in [-0.1, -0.05) is 46.0 Å². The van der Waals surface area contributed by atoms with Crippen molar-refractivity contribution >= 4 is 5.91 Å². The Bertz CT molecular complexity index is 125. The summed E-state index contributed by atoms with van der Waals surface area (Å²) in [6, 6.07) is 0. The summed E-state index contributed by atoms with van der Waals surface area (Å²) >= 11 is 0. The Morgan fingerprint density at radius 3 is 2.08 bits per heavy atom. The van der Waals surface area contributed by atoms with Gasteiger partial charge in [0.1, 0.15) is 0 Å². The van der Waals surface area contributed by atoms with Gasteiger partial charge in [-0.15, -0.1) is 0 Å². The summed E-state index contributed by atoms with van der Waals surface area (Å²) in [6.45, 7) is 4.10. The topological polar surface area (TPSA) is 55.1 Å². The van der Waals surface area contributed by atoms with E-state index in [2.05, 4.69) is 12.8 Å². The normalized spacial score (nSPS) is 17.2. The highest BCUT2D eigenvalue weighted by Crippen LogP contribution is 2.21. The van der Waals surface area contributed by atoms with Crippen LogP contribution in [-0.2, 0) is 4.79 Å². The smallest absolute Gasteiger partial charge is 0.233 e. The van der Waals surface area contributed by atoms with E-state index in [4.69, 9.17) is 0 Å². The highest BCUT2D eigenvalue weighted by atomic mass is 16.2. The van der Waals surface area contributed by atoms with Gasteiger partial charge < -0.3 is 0 Å². The molecule has 0 atom stereocenters. The monoisotopic (exact) mass is 186 g/mol. The predicted octanol–water partition coefficient (Wildman–Crippen LogP) is 1.97. The fraction of sp³-hybridized carbons (Fsp3) is 0.900. The number of hydrogen-bond acceptors (Lipinski definition) is 2. The third kappa shape index (κ3) is 7.78. The molecule has 0 spiro atoms. The fourth-order valence-corrected chi connectivity index (χ4v) is 1.41. The van der Waals surface area contributed by atoms with Crippen molar-refractivity contribution in [1.82, 2.24) is 5.43 Å². The number of carbonyl (C=O) groups is 1. The molecule has 1 amide bonds. The van der Waals surface area contributed by atoms with Gasteiger partial charge in [-0.05, 0) is 5.92 Å². The highest BCUT2D eigenvalue weighted by Gasteiger charge is 2.05. The number of nitrogens with two attached hydrogens (primary N) is 1. The molecule has 78 valence electrons. The Balaban J connectivity index is 0.000000226. The number of nitrogens with one attached hydrogen (secondary N) is 1. The van der Waals surface area contributed by atoms with Gasteiger partial charge in [-0.2, -0.15) is 0 Å². The summed E-state index contributed by atoms with van der Waals surface area (Å²) < 4.78 is 0. The van der Waals surface area contributed by atoms with Crippen molar-refractivity contribution in [3.8, 4) is 0 Å². The fourth-order valence-electron chi connectivity index (χ4n) is 1.41. The summed E-state index contributed by atoms with van der Waals surface area (Å²) in [5.41, 5.74) is 1.98. The first-order valence-corrected chi connectivity index (χ1v) is 5.20. The lowest BCUT2D eigenvalue weighted by Crippen LogP contribution is -2.28. The molecule has 3 nitrogen and oxygen atoms in total. The summed E-state index contributed by atoms with van der Waals surface area (Å²) in [6.07, 6.45) is 7.89. The molecule has 0 saturated heterocycles. The number of carbonyl (C=O) groups excluding carboxylic acids is 1. The van der Waals surface area contributed by atoms with Crippen LogP contribution in [0.5, 0.6) is 0 Å². The molecule has 13 heavy (non-hydrogen) atoms. The van der Waals surface area contributed by atoms with Crippen molar-refractivity contribution in [2.75, 3.05) is 0 Å². The number of hydrazine groups is 1. The molecular formula is C10H22N2O. The second kappa shape index (κ2) is 8.05. The maximum Gasteiger partial charge on any atom is 0.233 e. The largest absolute Gasteiger partial charge is 0.294 e. The van der Waals surface area contributed by atoms with Crippen molar-refractivity contribution < 1.29 is 4.79 Å². The van der Waals surface area contributed by atoms with Crippen LogP contribution in [0.15, 0.2) is 0 Å². The molecule has 0 heterocycles. The van der Waals surface area contributed by atoms with Crippen LogP contribution >= 0.6 is 0 Å². The average Bonchev–Trinajstić information content (AvgIpc) is 2.19. The van der Waals surface area contributed by atoms with Crippen LogP contribution in [0.3, 0.4) is 0 Å². The molecule has 3 heteroatoms. The van der Waals surface area contributed by atoms with Crippen molar-refractivity contribution in [3.63, 3.8) is 0 Å². The third-order valence-corrected chi connectivity index (χ3v) is 2.38. The molecule has 1 aliphatic rings. The third-order valence-electron chi connectivity index (χ3n) is 2.38. The van der Waals surface area contributed by atoms with Gasteiger partial charge in [0.25, 0.3) is 0 Å². The van der Waals surface area contributed by atoms with E-state index in [1.807, 2.05) is 5.43 Å². The lowest BCUT2D eigenvalue weighted by Gasteiger charge is -2.15. The van der Waals surface area contributed by atoms with E-state index in [1.54, 1.807) is 6.92 Å². The van der Waals surface area contributed by atoms with E-state index in [0.717, 1.165) is 5.92 Å². The van der Waals surface area contributed by atoms with Crippen molar-refractivity contribution in [1.29, 1.82) is 0 Å². The zero-order valence-electron chi connectivity index (χ0n) is 8.81. The minimum absolute atomic E-state index is 0.130. The molecule has 0 aromatic rings. The molecule has 0 aromatic carbocycles. The first kappa shape index (κ1) is 12.4. The first-order chi connectivity index (χ1) is 6.20. The van der Waals surface area contributed by atoms with Crippen LogP contribution in [0.4, 0.5) is 0 Å². The van der Waals surface area contributed by atoms with Crippen LogP contribution < -0.4 is 11.3 Å². The molecule has 0 aliphatic heterocycles. The maximum absolute atomic E-state index is 9.94. The van der Waals surface area contributed by atoms with Crippen LogP contribution in [-0.4, -0.2) is 5.91 Å². The summed E-state index contributed by atoms with van der Waals surface area (Å²) in [4.78, 5) is 9.94. The van der Waals surface area contributed by atoms with Gasteiger partial charge in [0, 0.05) is 6.42 Å². The minimum atomic E-state index is -0.130. The van der Waals surface area contributed by atoms with E-state index >= 15 is 0 Å². The van der Waals surface area contributed by atoms with Crippen molar-refractivity contribution in [3.05, 3.63) is 0 Å². The predicted molar refractivity (Wildman–Crippen MR) is 54.9 cm³/mol. The van der Waals surface area contributed by atoms with Gasteiger partial charge in [0.05, 0.1) is 0 Å². The number of amides is 1. The Labute approximate surface area is 81.0 Å². The van der Waals surface area contributed by atoms with Gasteiger partial charge >= 0.3 is 0 Å². The van der Waals surface area contributed by atoms with E-state index < -0.39 is 0 Å². The Kier molecular flexibility index (Phi) is 7.69. The van der Waals surface area contributed by atoms with E-state index in [-0.39, 0.29) is 5.91 Å². The molecule has 0 radical (unpaired) electrons. The average molecular weight is 186 g/mol. The van der Waals surface area contributed by atoms with Gasteiger partial charge in [0.15, 0.2) is 0 Å². The highest BCUT2D eigenvalue weighted by molar-refractivity contribution is 5.74. The van der Waals surface area contributed by atoms with Gasteiger partial charge in [0.2, 0.25) is 5.91 Å². The molecule has 0 bridgehead atoms. The Morgan fingerprint density at radius 2 is 1.92 bits per heavy atom. The van der Waals surface area contributed by atoms with Crippen LogP contribution in [0, 0.1) is 5.92 Å². The summed E-state index contributed by atoms with van der Waals surface area (Å²) in [5, 5.41) is 0. The van der Waals surface area contributed by atoms with Crippen molar-refractivity contribution in [2.45, 2.75) is 52.4 Å². The van der Waals surface area contributed by atoms with E-state index in [9.17, 15) is 4.79 Å². The van der Waals surface area contributed by atoms with Gasteiger partial charge in [-0.3, -0.25) is 10.2 Å². The van der Waals surface area contributed by atoms with Crippen LogP contribution in [0.1, 0.15) is 52.4 Å². The molecule has 3 N–H and O–H groups in total. The van der Waals surface area contributed by atoms with Crippen molar-refractivity contribution in [2.24, 2.45) is 11.8 Å². The minimum Gasteiger partial charge on any atom is -0.294 e. The van der Waals surface area contributed by atoms with Crippen LogP contribution in [0.2, 0.25) is 0 Å². The Morgan fingerprint density at radius 1 is 1.38 bits per heavy atom. The number of rotatable bonds is 1. The summed E-state index contributed by atoms with van der Waals surface area (Å²) in [5.74, 6) is 5.59. The second-order valence-corrected chi connectivity index (χ2v) is 3.66. The van der Waals surface area contributed by atoms with Crippen LogP contribution in [0.25, 0.3) is 0 Å². The van der Waals surface area contributed by atoms with Gasteiger partial charge in [-0.25, -0.2) is 5.84 Å². The first-order valence-electron chi connectivity index (χ1n) is 5.20. The lowest BCUT2D eigenvalue weighted by atomic mass is 9.91. The zero-order chi connectivity index (χ0) is 10.1. The Hall–Kier alpha value is -0.570. The standard InChI is InChI=1S/C7H14.C3H8N2O/c1-7-5-3-2-4-6-7;1-2-3(6)5-4/h7H,2-6H2,1H3;2,4H2,1H3,(H,5,6). The summed E-state index contributed by atoms with van der Waals surface area (Å²) in [7, 11) is 0. The molecule has 0 unspecified atom stereocenters. The molecule has 1 aliphatic carbocycles. The molecule has 1 saturated carbocycles. The van der Waals surface area contributed by atoms with E-state index in [0.29, 0.717) is 6.42 Å². The molecule has 1 rings (SSSR count). The number of hydrogen-bond donors (Lipinski definition) is 2. The lowest BCUT2D eigenvalue weighted by molar-refractivity contribution is -0.120. The van der Waals surface area contributed by atoms with E-state index in [1.165, 1.54) is 32.1 Å². The zero-order valence-corrected chi connectivity index (χ0v) is 8.81. The second-order valence-electron chi connectivity index (χ2n) is 3.66.